The van der Waals surface area contributed by atoms with Gasteiger partial charge in [0.1, 0.15) is 0 Å². The van der Waals surface area contributed by atoms with Crippen molar-refractivity contribution in [1.82, 2.24) is 30.1 Å². The first kappa shape index (κ1) is 20.4. The van der Waals surface area contributed by atoms with E-state index in [2.05, 4.69) is 27.5 Å². The lowest BCUT2D eigenvalue weighted by atomic mass is 10.1. The third-order valence-corrected chi connectivity index (χ3v) is 5.61. The van der Waals surface area contributed by atoms with Gasteiger partial charge in [0.15, 0.2) is 5.69 Å². The second-order valence-electron chi connectivity index (χ2n) is 7.16. The van der Waals surface area contributed by atoms with Crippen molar-refractivity contribution in [3.8, 4) is 0 Å². The van der Waals surface area contributed by atoms with Crippen molar-refractivity contribution < 1.29 is 4.79 Å². The number of hydrogen-bond donors (Lipinski definition) is 1. The molecule has 0 spiro atoms. The normalized spacial score (nSPS) is 27.3. The summed E-state index contributed by atoms with van der Waals surface area (Å²) in [6.45, 7) is 7.16. The number of amides is 1. The summed E-state index contributed by atoms with van der Waals surface area (Å²) < 4.78 is 1.89. The molecule has 4 heterocycles. The highest BCUT2D eigenvalue weighted by molar-refractivity contribution is 5.92. The van der Waals surface area contributed by atoms with Crippen molar-refractivity contribution >= 4 is 30.7 Å². The van der Waals surface area contributed by atoms with E-state index in [0.29, 0.717) is 17.8 Å². The van der Waals surface area contributed by atoms with Gasteiger partial charge in [-0.2, -0.15) is 0 Å². The van der Waals surface area contributed by atoms with Crippen LogP contribution >= 0.6 is 24.8 Å². The van der Waals surface area contributed by atoms with E-state index in [1.54, 1.807) is 0 Å². The molecule has 0 aromatic carbocycles. The molecule has 4 rings (SSSR count). The lowest BCUT2D eigenvalue weighted by Gasteiger charge is -2.41. The van der Waals surface area contributed by atoms with Crippen molar-refractivity contribution in [2.75, 3.05) is 32.7 Å². The summed E-state index contributed by atoms with van der Waals surface area (Å²) in [7, 11) is 0. The van der Waals surface area contributed by atoms with Gasteiger partial charge in [0.05, 0.1) is 12.2 Å². The Labute approximate surface area is 161 Å². The van der Waals surface area contributed by atoms with Crippen LogP contribution in [-0.2, 0) is 0 Å². The number of piperazine rings is 1. The highest BCUT2D eigenvalue weighted by Crippen LogP contribution is 2.25. The van der Waals surface area contributed by atoms with Crippen LogP contribution in [0.2, 0.25) is 0 Å². The molecule has 0 radical (unpaired) electrons. The number of hydrogen-bond acceptors (Lipinski definition) is 5. The summed E-state index contributed by atoms with van der Waals surface area (Å²) in [5, 5.41) is 11.8. The smallest absolute Gasteiger partial charge is 0.276 e. The largest absolute Gasteiger partial charge is 0.332 e. The molecule has 3 fully saturated rings. The molecule has 7 nitrogen and oxygen atoms in total. The molecule has 142 valence electrons. The Morgan fingerprint density at radius 2 is 1.92 bits per heavy atom. The van der Waals surface area contributed by atoms with E-state index in [1.807, 2.05) is 15.8 Å². The standard InChI is InChI=1S/C16H26N6O.2ClH/c1-12-9-20-8-2-3-14(20)10-21(12)16(23)15-11-22(19-18-15)13-4-6-17-7-5-13;;/h11-14,17H,2-10H2,1H3;2*1H. The molecule has 0 saturated carbocycles. The van der Waals surface area contributed by atoms with Gasteiger partial charge >= 0.3 is 0 Å². The van der Waals surface area contributed by atoms with Crippen LogP contribution in [-0.4, -0.2) is 75.5 Å². The maximum atomic E-state index is 12.9. The van der Waals surface area contributed by atoms with E-state index < -0.39 is 0 Å². The number of halogens is 2. The molecule has 1 aromatic heterocycles. The molecule has 1 N–H and O–H groups in total. The number of carbonyl (C=O) groups is 1. The Morgan fingerprint density at radius 3 is 2.68 bits per heavy atom. The van der Waals surface area contributed by atoms with Crippen LogP contribution in [0.15, 0.2) is 6.20 Å². The lowest BCUT2D eigenvalue weighted by molar-refractivity contribution is 0.0390. The van der Waals surface area contributed by atoms with Crippen LogP contribution < -0.4 is 5.32 Å². The quantitative estimate of drug-likeness (QED) is 0.825. The van der Waals surface area contributed by atoms with Crippen molar-refractivity contribution in [1.29, 1.82) is 0 Å². The molecule has 1 aromatic rings. The average molecular weight is 391 g/mol. The Hall–Kier alpha value is -0.890. The average Bonchev–Trinajstić information content (AvgIpc) is 3.23. The van der Waals surface area contributed by atoms with Crippen molar-refractivity contribution in [3.63, 3.8) is 0 Å². The first-order valence-electron chi connectivity index (χ1n) is 8.90. The SMILES string of the molecule is CC1CN2CCCC2CN1C(=O)c1cn(C2CCNCC2)nn1.Cl.Cl. The zero-order chi connectivity index (χ0) is 15.8. The van der Waals surface area contributed by atoms with Gasteiger partial charge in [-0.1, -0.05) is 5.21 Å². The van der Waals surface area contributed by atoms with E-state index in [1.165, 1.54) is 19.4 Å². The minimum absolute atomic E-state index is 0. The lowest BCUT2D eigenvalue weighted by Crippen LogP contribution is -2.56. The molecule has 1 amide bonds. The zero-order valence-electron chi connectivity index (χ0n) is 14.6. The highest BCUT2D eigenvalue weighted by Gasteiger charge is 2.37. The van der Waals surface area contributed by atoms with Crippen LogP contribution in [0.3, 0.4) is 0 Å². The number of fused-ring (bicyclic) bond motifs is 1. The van der Waals surface area contributed by atoms with Crippen LogP contribution in [0.25, 0.3) is 0 Å². The molecule has 2 unspecified atom stereocenters. The zero-order valence-corrected chi connectivity index (χ0v) is 16.3. The maximum absolute atomic E-state index is 12.9. The number of rotatable bonds is 2. The van der Waals surface area contributed by atoms with E-state index in [-0.39, 0.29) is 36.8 Å². The summed E-state index contributed by atoms with van der Waals surface area (Å²) in [5.74, 6) is 0.0456. The number of piperidine rings is 1. The third-order valence-electron chi connectivity index (χ3n) is 5.61. The molecule has 0 aliphatic carbocycles. The number of aromatic nitrogens is 3. The van der Waals surface area contributed by atoms with Gasteiger partial charge in [-0.25, -0.2) is 4.68 Å². The fourth-order valence-electron chi connectivity index (χ4n) is 4.24. The minimum atomic E-state index is 0. The van der Waals surface area contributed by atoms with Crippen LogP contribution in [0.1, 0.15) is 49.1 Å². The fourth-order valence-corrected chi connectivity index (χ4v) is 4.24. The van der Waals surface area contributed by atoms with E-state index >= 15 is 0 Å². The predicted octanol–water partition coefficient (Wildman–Crippen LogP) is 1.35. The van der Waals surface area contributed by atoms with Crippen LogP contribution in [0.5, 0.6) is 0 Å². The van der Waals surface area contributed by atoms with Crippen LogP contribution in [0.4, 0.5) is 0 Å². The summed E-state index contributed by atoms with van der Waals surface area (Å²) >= 11 is 0. The van der Waals surface area contributed by atoms with Gasteiger partial charge in [-0.15, -0.1) is 29.9 Å². The Balaban J connectivity index is 0.00000113. The van der Waals surface area contributed by atoms with E-state index in [9.17, 15) is 4.79 Å². The minimum Gasteiger partial charge on any atom is -0.332 e. The fraction of sp³-hybridized carbons (Fsp3) is 0.812. The van der Waals surface area contributed by atoms with Gasteiger partial charge < -0.3 is 10.2 Å². The van der Waals surface area contributed by atoms with E-state index in [0.717, 1.165) is 39.0 Å². The summed E-state index contributed by atoms with van der Waals surface area (Å²) in [6, 6.07) is 1.16. The van der Waals surface area contributed by atoms with Gasteiger partial charge in [0.25, 0.3) is 5.91 Å². The molecular formula is C16H28Cl2N6O. The maximum Gasteiger partial charge on any atom is 0.276 e. The van der Waals surface area contributed by atoms with Gasteiger partial charge in [0, 0.05) is 25.2 Å². The molecule has 0 bridgehead atoms. The second-order valence-corrected chi connectivity index (χ2v) is 7.16. The van der Waals surface area contributed by atoms with Crippen molar-refractivity contribution in [3.05, 3.63) is 11.9 Å². The van der Waals surface area contributed by atoms with Gasteiger partial charge in [-0.05, 0) is 52.2 Å². The van der Waals surface area contributed by atoms with Gasteiger partial charge in [0.2, 0.25) is 0 Å². The second kappa shape index (κ2) is 8.66. The molecular weight excluding hydrogens is 363 g/mol. The topological polar surface area (TPSA) is 66.3 Å². The highest BCUT2D eigenvalue weighted by atomic mass is 35.5. The molecule has 3 saturated heterocycles. The van der Waals surface area contributed by atoms with Gasteiger partial charge in [-0.3, -0.25) is 9.69 Å². The molecule has 9 heteroatoms. The molecule has 3 aliphatic rings. The number of nitrogens with zero attached hydrogens (tertiary/aromatic N) is 5. The van der Waals surface area contributed by atoms with Crippen molar-refractivity contribution in [2.45, 2.75) is 50.7 Å². The van der Waals surface area contributed by atoms with Crippen LogP contribution in [0, 0.1) is 0 Å². The third kappa shape index (κ3) is 4.10. The Bertz CT molecular complexity index is 577. The van der Waals surface area contributed by atoms with E-state index in [4.69, 9.17) is 0 Å². The predicted molar refractivity (Wildman–Crippen MR) is 101 cm³/mol. The Kier molecular flexibility index (Phi) is 7.08. The molecule has 2 atom stereocenters. The molecule has 25 heavy (non-hydrogen) atoms. The number of carbonyl (C=O) groups excluding carboxylic acids is 1. The van der Waals surface area contributed by atoms with Crippen molar-refractivity contribution in [2.24, 2.45) is 0 Å². The first-order valence-corrected chi connectivity index (χ1v) is 8.90. The summed E-state index contributed by atoms with van der Waals surface area (Å²) in [5.41, 5.74) is 0.502. The summed E-state index contributed by atoms with van der Waals surface area (Å²) in [4.78, 5) is 17.4. The first-order chi connectivity index (χ1) is 11.2. The monoisotopic (exact) mass is 390 g/mol. The molecule has 3 aliphatic heterocycles. The number of nitrogens with one attached hydrogen (secondary N) is 1. The Morgan fingerprint density at radius 1 is 1.16 bits per heavy atom. The summed E-state index contributed by atoms with van der Waals surface area (Å²) in [6.07, 6.45) is 6.41.